The minimum Gasteiger partial charge on any atom is -0.466 e. The molecule has 2 aliphatic rings. The Morgan fingerprint density at radius 2 is 1.93 bits per heavy atom. The van der Waals surface area contributed by atoms with Gasteiger partial charge in [0, 0.05) is 5.92 Å². The summed E-state index contributed by atoms with van der Waals surface area (Å²) in [7, 11) is 0. The highest BCUT2D eigenvalue weighted by Gasteiger charge is 2.48. The predicted octanol–water partition coefficient (Wildman–Crippen LogP) is 3.13. The number of rotatable bonds is 2. The Morgan fingerprint density at radius 1 is 1.27 bits per heavy atom. The summed E-state index contributed by atoms with van der Waals surface area (Å²) >= 11 is 0. The van der Waals surface area contributed by atoms with E-state index in [1.165, 1.54) is 6.42 Å². The van der Waals surface area contributed by atoms with Crippen molar-refractivity contribution >= 4 is 5.78 Å². The van der Waals surface area contributed by atoms with Crippen LogP contribution in [-0.4, -0.2) is 5.78 Å². The lowest BCUT2D eigenvalue weighted by Crippen LogP contribution is -2.13. The standard InChI is InChI=1S/C13H16O2/c1-7-3-12(8(2)15-7)13(14)11-5-9-4-10(9)6-11/h3,9-11H,4-6H2,1-2H3. The maximum Gasteiger partial charge on any atom is 0.169 e. The molecule has 2 fully saturated rings. The quantitative estimate of drug-likeness (QED) is 0.693. The molecule has 0 N–H and O–H groups in total. The van der Waals surface area contributed by atoms with Crippen LogP contribution in [-0.2, 0) is 0 Å². The van der Waals surface area contributed by atoms with Crippen molar-refractivity contribution in [3.8, 4) is 0 Å². The minimum absolute atomic E-state index is 0.282. The summed E-state index contributed by atoms with van der Waals surface area (Å²) in [4.78, 5) is 12.2. The number of Topliss-reactive ketones (excluding diaryl/α,β-unsaturated/α-hetero) is 1. The molecule has 2 atom stereocenters. The molecule has 2 saturated carbocycles. The second-order valence-electron chi connectivity index (χ2n) is 5.12. The van der Waals surface area contributed by atoms with Gasteiger partial charge in [0.2, 0.25) is 0 Å². The van der Waals surface area contributed by atoms with Gasteiger partial charge in [-0.3, -0.25) is 4.79 Å². The number of hydrogen-bond donors (Lipinski definition) is 0. The molecule has 0 amide bonds. The lowest BCUT2D eigenvalue weighted by Gasteiger charge is -2.08. The van der Waals surface area contributed by atoms with Crippen LogP contribution in [0, 0.1) is 31.6 Å². The molecule has 2 nitrogen and oxygen atoms in total. The van der Waals surface area contributed by atoms with Crippen LogP contribution in [0.2, 0.25) is 0 Å². The van der Waals surface area contributed by atoms with Gasteiger partial charge in [-0.2, -0.15) is 0 Å². The van der Waals surface area contributed by atoms with Gasteiger partial charge in [-0.1, -0.05) is 0 Å². The normalized spacial score (nSPS) is 32.8. The smallest absolute Gasteiger partial charge is 0.169 e. The van der Waals surface area contributed by atoms with Gasteiger partial charge in [-0.15, -0.1) is 0 Å². The molecule has 2 heteroatoms. The van der Waals surface area contributed by atoms with Crippen LogP contribution >= 0.6 is 0 Å². The van der Waals surface area contributed by atoms with E-state index in [1.54, 1.807) is 0 Å². The molecular formula is C13H16O2. The third kappa shape index (κ3) is 1.43. The molecule has 80 valence electrons. The van der Waals surface area contributed by atoms with E-state index in [9.17, 15) is 4.79 Å². The average molecular weight is 204 g/mol. The number of ketones is 1. The molecule has 1 heterocycles. The van der Waals surface area contributed by atoms with Crippen molar-refractivity contribution in [1.82, 2.24) is 0 Å². The summed E-state index contributed by atoms with van der Waals surface area (Å²) in [5.41, 5.74) is 0.818. The van der Waals surface area contributed by atoms with E-state index in [4.69, 9.17) is 4.42 Å². The zero-order chi connectivity index (χ0) is 10.6. The van der Waals surface area contributed by atoms with Crippen molar-refractivity contribution in [2.75, 3.05) is 0 Å². The van der Waals surface area contributed by atoms with Crippen LogP contribution in [0.5, 0.6) is 0 Å². The van der Waals surface area contributed by atoms with Crippen LogP contribution < -0.4 is 0 Å². The molecule has 0 aliphatic heterocycles. The first-order valence-corrected chi connectivity index (χ1v) is 5.76. The van der Waals surface area contributed by atoms with Crippen LogP contribution in [0.4, 0.5) is 0 Å². The number of carbonyl (C=O) groups excluding carboxylic acids is 1. The monoisotopic (exact) mass is 204 g/mol. The first-order valence-electron chi connectivity index (χ1n) is 5.76. The largest absolute Gasteiger partial charge is 0.466 e. The Hall–Kier alpha value is -1.05. The first kappa shape index (κ1) is 9.20. The highest BCUT2D eigenvalue weighted by atomic mass is 16.3. The van der Waals surface area contributed by atoms with Crippen molar-refractivity contribution in [2.24, 2.45) is 17.8 Å². The van der Waals surface area contributed by atoms with E-state index in [0.717, 1.165) is 41.8 Å². The molecule has 15 heavy (non-hydrogen) atoms. The molecule has 0 aromatic carbocycles. The Balaban J connectivity index is 1.81. The summed E-state index contributed by atoms with van der Waals surface area (Å²) in [5, 5.41) is 0. The molecule has 0 saturated heterocycles. The van der Waals surface area contributed by atoms with Crippen molar-refractivity contribution in [1.29, 1.82) is 0 Å². The molecule has 0 bridgehead atoms. The van der Waals surface area contributed by atoms with E-state index >= 15 is 0 Å². The van der Waals surface area contributed by atoms with E-state index in [0.29, 0.717) is 5.78 Å². The topological polar surface area (TPSA) is 30.2 Å². The zero-order valence-corrected chi connectivity index (χ0v) is 9.25. The Bertz CT molecular complexity index is 406. The summed E-state index contributed by atoms with van der Waals surface area (Å²) in [6.07, 6.45) is 3.60. The maximum atomic E-state index is 12.2. The summed E-state index contributed by atoms with van der Waals surface area (Å²) < 4.78 is 5.41. The fourth-order valence-corrected chi connectivity index (χ4v) is 3.02. The second-order valence-corrected chi connectivity index (χ2v) is 5.12. The molecule has 3 rings (SSSR count). The van der Waals surface area contributed by atoms with Crippen molar-refractivity contribution in [2.45, 2.75) is 33.1 Å². The summed E-state index contributed by atoms with van der Waals surface area (Å²) in [5.74, 6) is 3.97. The van der Waals surface area contributed by atoms with Crippen LogP contribution in [0.1, 0.15) is 41.1 Å². The van der Waals surface area contributed by atoms with Crippen LogP contribution in [0.15, 0.2) is 10.5 Å². The van der Waals surface area contributed by atoms with Crippen molar-refractivity contribution < 1.29 is 9.21 Å². The van der Waals surface area contributed by atoms with E-state index in [-0.39, 0.29) is 5.92 Å². The van der Waals surface area contributed by atoms with Gasteiger partial charge < -0.3 is 4.42 Å². The summed E-state index contributed by atoms with van der Waals surface area (Å²) in [6, 6.07) is 1.89. The fraction of sp³-hybridized carbons (Fsp3) is 0.615. The summed E-state index contributed by atoms with van der Waals surface area (Å²) in [6.45, 7) is 3.78. The third-order valence-electron chi connectivity index (χ3n) is 3.92. The maximum absolute atomic E-state index is 12.2. The second kappa shape index (κ2) is 2.97. The van der Waals surface area contributed by atoms with Gasteiger partial charge in [0.15, 0.2) is 5.78 Å². The molecule has 1 aromatic rings. The fourth-order valence-electron chi connectivity index (χ4n) is 3.02. The lowest BCUT2D eigenvalue weighted by molar-refractivity contribution is 0.0913. The zero-order valence-electron chi connectivity index (χ0n) is 9.25. The molecular weight excluding hydrogens is 188 g/mol. The van der Waals surface area contributed by atoms with Gasteiger partial charge in [0.1, 0.15) is 11.5 Å². The minimum atomic E-state index is 0.282. The number of furan rings is 1. The Kier molecular flexibility index (Phi) is 1.82. The number of aryl methyl sites for hydroxylation is 2. The van der Waals surface area contributed by atoms with Gasteiger partial charge in [0.05, 0.1) is 5.56 Å². The van der Waals surface area contributed by atoms with E-state index in [1.807, 2.05) is 19.9 Å². The number of carbonyl (C=O) groups is 1. The van der Waals surface area contributed by atoms with E-state index < -0.39 is 0 Å². The molecule has 2 aliphatic carbocycles. The van der Waals surface area contributed by atoms with E-state index in [2.05, 4.69) is 0 Å². The Morgan fingerprint density at radius 3 is 2.47 bits per heavy atom. The van der Waals surface area contributed by atoms with Gasteiger partial charge >= 0.3 is 0 Å². The van der Waals surface area contributed by atoms with Gasteiger partial charge in [-0.25, -0.2) is 0 Å². The van der Waals surface area contributed by atoms with Crippen molar-refractivity contribution in [3.63, 3.8) is 0 Å². The average Bonchev–Trinajstić information content (AvgIpc) is 2.65. The number of hydrogen-bond acceptors (Lipinski definition) is 2. The third-order valence-corrected chi connectivity index (χ3v) is 3.92. The molecule has 2 unspecified atom stereocenters. The number of fused-ring (bicyclic) bond motifs is 1. The SMILES string of the molecule is Cc1cc(C(=O)C2CC3CC3C2)c(C)o1. The van der Waals surface area contributed by atoms with Crippen molar-refractivity contribution in [3.05, 3.63) is 23.2 Å². The molecule has 0 radical (unpaired) electrons. The predicted molar refractivity (Wildman–Crippen MR) is 56.8 cm³/mol. The lowest BCUT2D eigenvalue weighted by atomic mass is 9.93. The molecule has 1 aromatic heterocycles. The van der Waals surface area contributed by atoms with Crippen LogP contribution in [0.3, 0.4) is 0 Å². The highest BCUT2D eigenvalue weighted by Crippen LogP contribution is 2.55. The molecule has 0 spiro atoms. The van der Waals surface area contributed by atoms with Gasteiger partial charge in [0.25, 0.3) is 0 Å². The van der Waals surface area contributed by atoms with Gasteiger partial charge in [-0.05, 0) is 51.0 Å². The van der Waals surface area contributed by atoms with Crippen LogP contribution in [0.25, 0.3) is 0 Å². The highest BCUT2D eigenvalue weighted by molar-refractivity contribution is 5.99. The first-order chi connectivity index (χ1) is 7.15. The Labute approximate surface area is 89.7 Å².